The summed E-state index contributed by atoms with van der Waals surface area (Å²) < 4.78 is 18.2. The molecule has 0 bridgehead atoms. The van der Waals surface area contributed by atoms with Crippen molar-refractivity contribution in [3.05, 3.63) is 75.3 Å². The maximum Gasteiger partial charge on any atom is 0.300 e. The number of benzene rings is 2. The molecule has 4 aromatic rings. The number of nitrogens with one attached hydrogen (secondary N) is 1. The van der Waals surface area contributed by atoms with Crippen LogP contribution >= 0.6 is 22.9 Å². The molecule has 9 heteroatoms. The summed E-state index contributed by atoms with van der Waals surface area (Å²) in [4.78, 5) is 21.3. The van der Waals surface area contributed by atoms with Gasteiger partial charge in [-0.3, -0.25) is 4.79 Å². The Kier molecular flexibility index (Phi) is 5.12. The molecule has 0 unspecified atom stereocenters. The van der Waals surface area contributed by atoms with E-state index in [1.165, 1.54) is 12.1 Å². The van der Waals surface area contributed by atoms with Crippen LogP contribution in [0, 0.1) is 19.7 Å². The Hall–Kier alpha value is -3.10. The highest BCUT2D eigenvalue weighted by Crippen LogP contribution is 2.31. The first-order valence-electron chi connectivity index (χ1n) is 8.56. The van der Waals surface area contributed by atoms with Gasteiger partial charge in [0.25, 0.3) is 11.7 Å². The zero-order valence-electron chi connectivity index (χ0n) is 15.4. The van der Waals surface area contributed by atoms with Gasteiger partial charge in [0.1, 0.15) is 10.7 Å². The van der Waals surface area contributed by atoms with Gasteiger partial charge in [-0.1, -0.05) is 46.3 Å². The molecule has 0 amide bonds. The van der Waals surface area contributed by atoms with E-state index in [2.05, 4.69) is 20.4 Å². The van der Waals surface area contributed by atoms with Gasteiger partial charge < -0.3 is 9.84 Å². The minimum Gasteiger partial charge on any atom is -0.331 e. The van der Waals surface area contributed by atoms with Crippen molar-refractivity contribution in [2.24, 2.45) is 0 Å². The van der Waals surface area contributed by atoms with Gasteiger partial charge in [-0.25, -0.2) is 9.37 Å². The predicted octanol–water partition coefficient (Wildman–Crippen LogP) is 5.58. The van der Waals surface area contributed by atoms with Crippen LogP contribution in [-0.4, -0.2) is 20.9 Å². The Morgan fingerprint density at radius 2 is 1.90 bits per heavy atom. The van der Waals surface area contributed by atoms with Crippen LogP contribution in [0.1, 0.15) is 26.7 Å². The van der Waals surface area contributed by atoms with E-state index >= 15 is 0 Å². The lowest BCUT2D eigenvalue weighted by Crippen LogP contribution is -2.00. The molecule has 0 aliphatic heterocycles. The molecule has 1 N–H and O–H groups in total. The summed E-state index contributed by atoms with van der Waals surface area (Å²) in [7, 11) is 0. The lowest BCUT2D eigenvalue weighted by atomic mass is 10.0. The number of hydrogen-bond acceptors (Lipinski definition) is 7. The second-order valence-electron chi connectivity index (χ2n) is 6.27. The van der Waals surface area contributed by atoms with Gasteiger partial charge >= 0.3 is 0 Å². The second kappa shape index (κ2) is 7.73. The fourth-order valence-electron chi connectivity index (χ4n) is 2.67. The predicted molar refractivity (Wildman–Crippen MR) is 109 cm³/mol. The highest BCUT2D eigenvalue weighted by Gasteiger charge is 2.25. The van der Waals surface area contributed by atoms with E-state index < -0.39 is 5.78 Å². The van der Waals surface area contributed by atoms with E-state index in [1.807, 2.05) is 32.0 Å². The third-order valence-electron chi connectivity index (χ3n) is 4.35. The van der Waals surface area contributed by atoms with Gasteiger partial charge in [-0.15, -0.1) is 0 Å². The second-order valence-corrected chi connectivity index (χ2v) is 7.63. The Morgan fingerprint density at radius 3 is 2.66 bits per heavy atom. The van der Waals surface area contributed by atoms with Gasteiger partial charge in [0.2, 0.25) is 5.82 Å². The zero-order valence-corrected chi connectivity index (χ0v) is 16.9. The van der Waals surface area contributed by atoms with Crippen molar-refractivity contribution in [3.63, 3.8) is 0 Å². The van der Waals surface area contributed by atoms with Crippen LogP contribution < -0.4 is 5.32 Å². The molecule has 0 saturated heterocycles. The Morgan fingerprint density at radius 1 is 1.14 bits per heavy atom. The van der Waals surface area contributed by atoms with E-state index in [9.17, 15) is 9.18 Å². The average Bonchev–Trinajstić information content (AvgIpc) is 3.32. The van der Waals surface area contributed by atoms with Crippen LogP contribution in [0.4, 0.5) is 15.2 Å². The van der Waals surface area contributed by atoms with Crippen LogP contribution in [0.5, 0.6) is 0 Å². The minimum absolute atomic E-state index is 0.0242. The van der Waals surface area contributed by atoms with Crippen LogP contribution in [-0.2, 0) is 0 Å². The molecular formula is C20H14ClFN4O2S. The van der Waals surface area contributed by atoms with Crippen LogP contribution in [0.15, 0.2) is 47.0 Å². The molecule has 0 aliphatic carbocycles. The number of aromatic nitrogens is 3. The van der Waals surface area contributed by atoms with Crippen molar-refractivity contribution in [1.82, 2.24) is 15.1 Å². The Labute approximate surface area is 174 Å². The number of hydrogen-bond donors (Lipinski definition) is 1. The number of rotatable bonds is 5. The van der Waals surface area contributed by atoms with Crippen molar-refractivity contribution < 1.29 is 13.7 Å². The van der Waals surface area contributed by atoms with Gasteiger partial charge in [0, 0.05) is 11.3 Å². The van der Waals surface area contributed by atoms with Crippen LogP contribution in [0.25, 0.3) is 11.4 Å². The van der Waals surface area contributed by atoms with E-state index in [-0.39, 0.29) is 21.7 Å². The number of ketones is 1. The smallest absolute Gasteiger partial charge is 0.300 e. The van der Waals surface area contributed by atoms with Crippen molar-refractivity contribution in [2.45, 2.75) is 13.8 Å². The molecule has 6 nitrogen and oxygen atoms in total. The standard InChI is InChI=1S/C20H14ClFN4O2S/c1-10-4-3-5-14(11(10)2)18-25-19(28-26-18)15(27)16-17(21)24-20(29-16)23-13-8-6-12(22)7-9-13/h3-9H,1-2H3,(H,23,24). The number of carbonyl (C=O) groups excluding carboxylic acids is 1. The summed E-state index contributed by atoms with van der Waals surface area (Å²) in [6.07, 6.45) is 0. The molecule has 2 heterocycles. The minimum atomic E-state index is -0.510. The fraction of sp³-hybridized carbons (Fsp3) is 0.100. The summed E-state index contributed by atoms with van der Waals surface area (Å²) in [6, 6.07) is 11.5. The number of halogens is 2. The molecule has 0 saturated carbocycles. The normalized spacial score (nSPS) is 10.9. The van der Waals surface area contributed by atoms with E-state index in [4.69, 9.17) is 16.1 Å². The van der Waals surface area contributed by atoms with Gasteiger partial charge in [0.15, 0.2) is 10.3 Å². The van der Waals surface area contributed by atoms with E-state index in [0.29, 0.717) is 16.6 Å². The molecule has 0 fully saturated rings. The third kappa shape index (κ3) is 3.90. The third-order valence-corrected chi connectivity index (χ3v) is 5.71. The summed E-state index contributed by atoms with van der Waals surface area (Å²) in [5, 5.41) is 7.32. The summed E-state index contributed by atoms with van der Waals surface area (Å²) in [5.74, 6) is -0.692. The highest BCUT2D eigenvalue weighted by atomic mass is 35.5. The molecule has 146 valence electrons. The number of thiazole rings is 1. The molecule has 2 aromatic carbocycles. The van der Waals surface area contributed by atoms with Crippen LogP contribution in [0.3, 0.4) is 0 Å². The first kappa shape index (κ1) is 19.2. The summed E-state index contributed by atoms with van der Waals surface area (Å²) >= 11 is 7.19. The average molecular weight is 429 g/mol. The molecule has 0 atom stereocenters. The van der Waals surface area contributed by atoms with E-state index in [1.54, 1.807) is 12.1 Å². The molecule has 4 rings (SSSR count). The molecule has 0 radical (unpaired) electrons. The number of carbonyl (C=O) groups is 1. The molecule has 0 aliphatic rings. The Balaban J connectivity index is 1.59. The summed E-state index contributed by atoms with van der Waals surface area (Å²) in [6.45, 7) is 3.94. The van der Waals surface area contributed by atoms with Gasteiger partial charge in [-0.05, 0) is 49.2 Å². The zero-order chi connectivity index (χ0) is 20.5. The van der Waals surface area contributed by atoms with Crippen LogP contribution in [0.2, 0.25) is 5.15 Å². The summed E-state index contributed by atoms with van der Waals surface area (Å²) in [5.41, 5.74) is 3.50. The molecule has 29 heavy (non-hydrogen) atoms. The Bertz CT molecular complexity index is 1200. The lowest BCUT2D eigenvalue weighted by Gasteiger charge is -2.03. The quantitative estimate of drug-likeness (QED) is 0.418. The van der Waals surface area contributed by atoms with Crippen molar-refractivity contribution in [3.8, 4) is 11.4 Å². The van der Waals surface area contributed by atoms with Gasteiger partial charge in [0.05, 0.1) is 0 Å². The van der Waals surface area contributed by atoms with E-state index in [0.717, 1.165) is 28.0 Å². The lowest BCUT2D eigenvalue weighted by molar-refractivity contribution is 0.0998. The maximum absolute atomic E-state index is 13.0. The first-order valence-corrected chi connectivity index (χ1v) is 9.75. The molecule has 2 aromatic heterocycles. The number of nitrogens with zero attached hydrogens (tertiary/aromatic N) is 3. The maximum atomic E-state index is 13.0. The molecule has 0 spiro atoms. The molecular weight excluding hydrogens is 415 g/mol. The van der Waals surface area contributed by atoms with Crippen molar-refractivity contribution >= 4 is 39.5 Å². The largest absolute Gasteiger partial charge is 0.331 e. The van der Waals surface area contributed by atoms with Gasteiger partial charge in [-0.2, -0.15) is 4.98 Å². The first-order chi connectivity index (χ1) is 13.9. The highest BCUT2D eigenvalue weighted by molar-refractivity contribution is 7.18. The van der Waals surface area contributed by atoms with Crippen molar-refractivity contribution in [2.75, 3.05) is 5.32 Å². The van der Waals surface area contributed by atoms with Crippen molar-refractivity contribution in [1.29, 1.82) is 0 Å². The SMILES string of the molecule is Cc1cccc(-c2noc(C(=O)c3sc(Nc4ccc(F)cc4)nc3Cl)n2)c1C. The number of anilines is 2. The topological polar surface area (TPSA) is 80.9 Å². The number of aryl methyl sites for hydroxylation is 1. The fourth-order valence-corrected chi connectivity index (χ4v) is 3.81. The monoisotopic (exact) mass is 428 g/mol.